The van der Waals surface area contributed by atoms with Crippen LogP contribution in [-0.2, 0) is 0 Å². The lowest BCUT2D eigenvalue weighted by molar-refractivity contribution is 0.627. The number of aryl methyl sites for hydroxylation is 2. The van der Waals surface area contributed by atoms with Crippen molar-refractivity contribution >= 4 is 23.0 Å². The highest BCUT2D eigenvalue weighted by atomic mass is 32.1. The maximum atomic E-state index is 13.3. The predicted molar refractivity (Wildman–Crippen MR) is 103 cm³/mol. The smallest absolute Gasteiger partial charge is 0.267 e. The Bertz CT molecular complexity index is 1270. The number of thiazole rings is 1. The maximum Gasteiger partial charge on any atom is 0.273 e. The molecular weight excluding hydrogens is 361 g/mol. The molecule has 0 amide bonds. The van der Waals surface area contributed by atoms with Crippen molar-refractivity contribution in [2.75, 3.05) is 0 Å². The zero-order valence-electron chi connectivity index (χ0n) is 14.7. The monoisotopic (exact) mass is 375 g/mol. The normalized spacial score (nSPS) is 11.1. The molecule has 0 radical (unpaired) electrons. The molecule has 0 atom stereocenters. The van der Waals surface area contributed by atoms with Crippen LogP contribution in [0.15, 0.2) is 47.3 Å². The summed E-state index contributed by atoms with van der Waals surface area (Å²) in [6, 6.07) is 14.9. The van der Waals surface area contributed by atoms with Crippen LogP contribution < -0.4 is 14.8 Å². The van der Waals surface area contributed by atoms with Crippen molar-refractivity contribution in [3.05, 3.63) is 84.5 Å². The van der Waals surface area contributed by atoms with Crippen LogP contribution in [-0.4, -0.2) is 4.57 Å². The van der Waals surface area contributed by atoms with E-state index >= 15 is 0 Å². The molecule has 0 aliphatic heterocycles. The minimum absolute atomic E-state index is 0.165. The van der Waals surface area contributed by atoms with Gasteiger partial charge in [0.15, 0.2) is 5.57 Å². The van der Waals surface area contributed by atoms with Crippen molar-refractivity contribution in [2.24, 2.45) is 0 Å². The van der Waals surface area contributed by atoms with Crippen molar-refractivity contribution in [3.8, 4) is 17.8 Å². The van der Waals surface area contributed by atoms with Gasteiger partial charge in [0.25, 0.3) is 5.56 Å². The third kappa shape index (κ3) is 3.57. The fraction of sp³-hybridized carbons (Fsp3) is 0.0952. The number of nitrogens with zero attached hydrogens (tertiary/aromatic N) is 3. The van der Waals surface area contributed by atoms with Gasteiger partial charge in [-0.2, -0.15) is 10.5 Å². The van der Waals surface area contributed by atoms with E-state index in [0.717, 1.165) is 28.0 Å². The number of nitriles is 2. The molecule has 27 heavy (non-hydrogen) atoms. The van der Waals surface area contributed by atoms with Gasteiger partial charge >= 0.3 is 0 Å². The van der Waals surface area contributed by atoms with E-state index in [9.17, 15) is 19.7 Å². The topological polar surface area (TPSA) is 69.6 Å². The zero-order valence-corrected chi connectivity index (χ0v) is 15.5. The van der Waals surface area contributed by atoms with Gasteiger partial charge in [0, 0.05) is 0 Å². The molecule has 0 N–H and O–H groups in total. The number of hydrogen-bond acceptors (Lipinski definition) is 4. The molecule has 0 aliphatic rings. The van der Waals surface area contributed by atoms with Crippen LogP contribution in [0.25, 0.3) is 17.3 Å². The van der Waals surface area contributed by atoms with Gasteiger partial charge in [0.05, 0.1) is 10.2 Å². The van der Waals surface area contributed by atoms with E-state index in [4.69, 9.17) is 0 Å². The third-order valence-corrected chi connectivity index (χ3v) is 5.15. The Morgan fingerprint density at radius 2 is 1.78 bits per heavy atom. The van der Waals surface area contributed by atoms with Gasteiger partial charge in [0.1, 0.15) is 22.6 Å². The minimum atomic E-state index is -0.435. The molecular formula is C21H14FN3OS. The van der Waals surface area contributed by atoms with Crippen molar-refractivity contribution in [1.82, 2.24) is 4.57 Å². The number of benzene rings is 2. The highest BCUT2D eigenvalue weighted by molar-refractivity contribution is 7.07. The molecule has 0 saturated carbocycles. The standard InChI is InChI=1S/C21H14FN3OS/c1-13-3-4-15(14(2)9-13)10-19-20(26)25(18-7-5-17(22)6-8-18)21(27-19)16(11-23)12-24/h3-10H,1-2H3/b19-10-. The molecule has 0 unspecified atom stereocenters. The molecule has 6 heteroatoms. The summed E-state index contributed by atoms with van der Waals surface area (Å²) in [5.74, 6) is -0.435. The summed E-state index contributed by atoms with van der Waals surface area (Å²) in [6.07, 6.45) is 1.75. The average Bonchev–Trinajstić information content (AvgIpc) is 2.96. The van der Waals surface area contributed by atoms with Gasteiger partial charge < -0.3 is 0 Å². The van der Waals surface area contributed by atoms with Crippen LogP contribution in [0, 0.1) is 42.3 Å². The summed E-state index contributed by atoms with van der Waals surface area (Å²) in [5, 5.41) is 18.5. The quantitative estimate of drug-likeness (QED) is 0.691. The van der Waals surface area contributed by atoms with Gasteiger partial charge in [-0.25, -0.2) is 4.39 Å². The molecule has 132 valence electrons. The first kappa shape index (κ1) is 18.3. The molecule has 1 aromatic heterocycles. The SMILES string of the molecule is Cc1ccc(/C=c2\sc(=C(C#N)C#N)n(-c3ccc(F)cc3)c2=O)c(C)c1. The summed E-state index contributed by atoms with van der Waals surface area (Å²) in [5.41, 5.74) is 2.89. The van der Waals surface area contributed by atoms with E-state index < -0.39 is 5.82 Å². The van der Waals surface area contributed by atoms with E-state index in [-0.39, 0.29) is 15.8 Å². The van der Waals surface area contributed by atoms with Gasteiger partial charge in [-0.15, -0.1) is 11.3 Å². The predicted octanol–water partition coefficient (Wildman–Crippen LogP) is 2.68. The molecule has 1 heterocycles. The Labute approximate surface area is 159 Å². The van der Waals surface area contributed by atoms with Crippen LogP contribution in [0.3, 0.4) is 0 Å². The Hall–Kier alpha value is -3.48. The van der Waals surface area contributed by atoms with Crippen LogP contribution in [0.2, 0.25) is 0 Å². The molecule has 0 bridgehead atoms. The minimum Gasteiger partial charge on any atom is -0.267 e. The van der Waals surface area contributed by atoms with E-state index in [1.165, 1.54) is 28.8 Å². The molecule has 0 saturated heterocycles. The molecule has 0 spiro atoms. The van der Waals surface area contributed by atoms with Gasteiger partial charge in [-0.05, 0) is 55.3 Å². The zero-order chi connectivity index (χ0) is 19.6. The molecule has 3 rings (SSSR count). The highest BCUT2D eigenvalue weighted by Gasteiger charge is 2.11. The Morgan fingerprint density at radius 3 is 2.37 bits per heavy atom. The maximum absolute atomic E-state index is 13.3. The summed E-state index contributed by atoms with van der Waals surface area (Å²) in [4.78, 5) is 13.0. The van der Waals surface area contributed by atoms with Crippen molar-refractivity contribution in [1.29, 1.82) is 10.5 Å². The molecule has 3 aromatic rings. The first-order valence-electron chi connectivity index (χ1n) is 8.06. The van der Waals surface area contributed by atoms with Crippen LogP contribution >= 0.6 is 11.3 Å². The van der Waals surface area contributed by atoms with Crippen LogP contribution in [0.4, 0.5) is 4.39 Å². The van der Waals surface area contributed by atoms with Crippen molar-refractivity contribution in [3.63, 3.8) is 0 Å². The lowest BCUT2D eigenvalue weighted by Crippen LogP contribution is -2.30. The average molecular weight is 375 g/mol. The summed E-state index contributed by atoms with van der Waals surface area (Å²) in [6.45, 7) is 3.94. The molecule has 0 aliphatic carbocycles. The number of halogens is 1. The number of hydrogen-bond donors (Lipinski definition) is 0. The fourth-order valence-electron chi connectivity index (χ4n) is 2.72. The Kier molecular flexibility index (Phi) is 5.03. The van der Waals surface area contributed by atoms with Gasteiger partial charge in [0.2, 0.25) is 0 Å². The fourth-order valence-corrected chi connectivity index (χ4v) is 3.77. The molecule has 0 fully saturated rings. The van der Waals surface area contributed by atoms with Crippen molar-refractivity contribution in [2.45, 2.75) is 13.8 Å². The summed E-state index contributed by atoms with van der Waals surface area (Å²) >= 11 is 1.07. The van der Waals surface area contributed by atoms with Crippen LogP contribution in [0.5, 0.6) is 0 Å². The largest absolute Gasteiger partial charge is 0.273 e. The second-order valence-corrected chi connectivity index (χ2v) is 7.02. The van der Waals surface area contributed by atoms with Gasteiger partial charge in [-0.1, -0.05) is 23.8 Å². The highest BCUT2D eigenvalue weighted by Crippen LogP contribution is 2.11. The van der Waals surface area contributed by atoms with E-state index in [1.54, 1.807) is 6.08 Å². The van der Waals surface area contributed by atoms with Crippen LogP contribution in [0.1, 0.15) is 16.7 Å². The molecule has 4 nitrogen and oxygen atoms in total. The molecule has 2 aromatic carbocycles. The van der Waals surface area contributed by atoms with E-state index in [0.29, 0.717) is 10.2 Å². The lowest BCUT2D eigenvalue weighted by atomic mass is 10.1. The first-order chi connectivity index (χ1) is 12.9. The first-order valence-corrected chi connectivity index (χ1v) is 8.87. The summed E-state index contributed by atoms with van der Waals surface area (Å²) < 4.78 is 15.2. The van der Waals surface area contributed by atoms with E-state index in [2.05, 4.69) is 0 Å². The number of rotatable bonds is 2. The second kappa shape index (κ2) is 7.41. The third-order valence-electron chi connectivity index (χ3n) is 4.06. The van der Waals surface area contributed by atoms with Gasteiger partial charge in [-0.3, -0.25) is 9.36 Å². The van der Waals surface area contributed by atoms with E-state index in [1.807, 2.05) is 44.2 Å². The Morgan fingerprint density at radius 1 is 1.11 bits per heavy atom. The number of aromatic nitrogens is 1. The summed E-state index contributed by atoms with van der Waals surface area (Å²) in [7, 11) is 0. The second-order valence-electron chi connectivity index (χ2n) is 5.99. The van der Waals surface area contributed by atoms with Crippen molar-refractivity contribution < 1.29 is 4.39 Å². The lowest BCUT2D eigenvalue weighted by Gasteiger charge is -2.01. The Balaban J connectivity index is 2.39.